The lowest BCUT2D eigenvalue weighted by Gasteiger charge is -2.32. The second-order valence-corrected chi connectivity index (χ2v) is 6.18. The number of para-hydroxylation sites is 2. The molecule has 1 atom stereocenters. The van der Waals surface area contributed by atoms with Crippen molar-refractivity contribution in [2.45, 2.75) is 57.6 Å². The van der Waals surface area contributed by atoms with Gasteiger partial charge in [0.05, 0.1) is 11.8 Å². The van der Waals surface area contributed by atoms with Crippen molar-refractivity contribution in [3.05, 3.63) is 24.3 Å². The Hall–Kier alpha value is -2.55. The normalized spacial score (nSPS) is 17.2. The van der Waals surface area contributed by atoms with Crippen LogP contribution in [0.1, 0.15) is 46.0 Å². The van der Waals surface area contributed by atoms with Crippen molar-refractivity contribution < 1.29 is 14.3 Å². The van der Waals surface area contributed by atoms with Crippen molar-refractivity contribution >= 4 is 17.5 Å². The van der Waals surface area contributed by atoms with Crippen molar-refractivity contribution in [1.29, 1.82) is 5.26 Å². The number of hydrogen-bond acceptors (Lipinski definition) is 4. The maximum atomic E-state index is 12.4. The highest BCUT2D eigenvalue weighted by Crippen LogP contribution is 2.28. The smallest absolute Gasteiger partial charge is 0.262 e. The van der Waals surface area contributed by atoms with Gasteiger partial charge in [0, 0.05) is 6.92 Å². The third-order valence-corrected chi connectivity index (χ3v) is 4.15. The van der Waals surface area contributed by atoms with Crippen molar-refractivity contribution in [3.8, 4) is 11.8 Å². The monoisotopic (exact) mass is 329 g/mol. The second kappa shape index (κ2) is 7.82. The van der Waals surface area contributed by atoms with Crippen LogP contribution in [-0.4, -0.2) is 23.5 Å². The van der Waals surface area contributed by atoms with Gasteiger partial charge >= 0.3 is 0 Å². The van der Waals surface area contributed by atoms with Crippen LogP contribution in [0.15, 0.2) is 24.3 Å². The van der Waals surface area contributed by atoms with Crippen LogP contribution in [0.4, 0.5) is 5.69 Å². The van der Waals surface area contributed by atoms with Gasteiger partial charge in [0.2, 0.25) is 5.91 Å². The van der Waals surface area contributed by atoms with Gasteiger partial charge in [-0.25, -0.2) is 0 Å². The van der Waals surface area contributed by atoms with Gasteiger partial charge in [-0.1, -0.05) is 31.4 Å². The van der Waals surface area contributed by atoms with Crippen LogP contribution in [0.5, 0.6) is 5.75 Å². The van der Waals surface area contributed by atoms with E-state index in [2.05, 4.69) is 16.7 Å². The maximum Gasteiger partial charge on any atom is 0.262 e. The number of carbonyl (C=O) groups excluding carboxylic acids is 2. The molecule has 1 aliphatic rings. The Bertz CT molecular complexity index is 645. The number of rotatable bonds is 5. The fourth-order valence-electron chi connectivity index (χ4n) is 2.86. The number of nitrogens with one attached hydrogen (secondary N) is 2. The van der Waals surface area contributed by atoms with Crippen LogP contribution >= 0.6 is 0 Å². The maximum absolute atomic E-state index is 12.4. The summed E-state index contributed by atoms with van der Waals surface area (Å²) in [6.07, 6.45) is 3.54. The summed E-state index contributed by atoms with van der Waals surface area (Å²) in [5.41, 5.74) is -0.276. The average molecular weight is 329 g/mol. The molecule has 24 heavy (non-hydrogen) atoms. The van der Waals surface area contributed by atoms with Crippen molar-refractivity contribution in [3.63, 3.8) is 0 Å². The Morgan fingerprint density at radius 2 is 1.92 bits per heavy atom. The van der Waals surface area contributed by atoms with Crippen molar-refractivity contribution in [1.82, 2.24) is 5.32 Å². The molecule has 6 nitrogen and oxygen atoms in total. The summed E-state index contributed by atoms with van der Waals surface area (Å²) in [6, 6.07) is 9.20. The molecule has 1 fully saturated rings. The summed E-state index contributed by atoms with van der Waals surface area (Å²) in [6.45, 7) is 3.04. The van der Waals surface area contributed by atoms with E-state index in [-0.39, 0.29) is 11.8 Å². The summed E-state index contributed by atoms with van der Waals surface area (Å²) in [4.78, 5) is 23.7. The van der Waals surface area contributed by atoms with E-state index in [1.165, 1.54) is 6.92 Å². The van der Waals surface area contributed by atoms with Gasteiger partial charge in [-0.2, -0.15) is 5.26 Å². The quantitative estimate of drug-likeness (QED) is 0.869. The summed E-state index contributed by atoms with van der Waals surface area (Å²) < 4.78 is 5.70. The number of hydrogen-bond donors (Lipinski definition) is 2. The Morgan fingerprint density at radius 1 is 1.25 bits per heavy atom. The van der Waals surface area contributed by atoms with E-state index in [1.807, 2.05) is 0 Å². The molecule has 2 amide bonds. The molecular formula is C18H23N3O3. The SMILES string of the molecule is CC(=O)Nc1ccccc1O[C@H](C)C(=O)NC1(C#N)CCCCC1. The largest absolute Gasteiger partial charge is 0.479 e. The highest BCUT2D eigenvalue weighted by atomic mass is 16.5. The van der Waals surface area contributed by atoms with E-state index in [0.717, 1.165) is 19.3 Å². The fraction of sp³-hybridized carbons (Fsp3) is 0.500. The van der Waals surface area contributed by atoms with E-state index >= 15 is 0 Å². The van der Waals surface area contributed by atoms with E-state index < -0.39 is 11.6 Å². The topological polar surface area (TPSA) is 91.2 Å². The molecule has 2 N–H and O–H groups in total. The van der Waals surface area contributed by atoms with Crippen LogP contribution in [-0.2, 0) is 9.59 Å². The minimum absolute atomic E-state index is 0.214. The lowest BCUT2D eigenvalue weighted by atomic mass is 9.83. The minimum Gasteiger partial charge on any atom is -0.479 e. The van der Waals surface area contributed by atoms with Crippen LogP contribution in [0, 0.1) is 11.3 Å². The molecule has 0 spiro atoms. The third kappa shape index (κ3) is 4.48. The number of ether oxygens (including phenoxy) is 1. The summed E-state index contributed by atoms with van der Waals surface area (Å²) in [5, 5.41) is 15.0. The van der Waals surface area contributed by atoms with Crippen molar-refractivity contribution in [2.75, 3.05) is 5.32 Å². The molecule has 1 saturated carbocycles. The Labute approximate surface area is 142 Å². The van der Waals surface area contributed by atoms with Gasteiger partial charge in [0.25, 0.3) is 5.91 Å². The first kappa shape index (κ1) is 17.8. The van der Waals surface area contributed by atoms with Crippen LogP contribution in [0.2, 0.25) is 0 Å². The molecule has 6 heteroatoms. The van der Waals surface area contributed by atoms with Crippen LogP contribution < -0.4 is 15.4 Å². The molecule has 0 saturated heterocycles. The highest BCUT2D eigenvalue weighted by molar-refractivity contribution is 5.90. The van der Waals surface area contributed by atoms with Gasteiger partial charge in [0.15, 0.2) is 6.10 Å². The third-order valence-electron chi connectivity index (χ3n) is 4.15. The molecule has 128 valence electrons. The highest BCUT2D eigenvalue weighted by Gasteiger charge is 2.35. The number of amides is 2. The number of carbonyl (C=O) groups is 2. The van der Waals surface area contributed by atoms with E-state index in [9.17, 15) is 14.9 Å². The predicted octanol–water partition coefficient (Wildman–Crippen LogP) is 2.75. The fourth-order valence-corrected chi connectivity index (χ4v) is 2.86. The average Bonchev–Trinajstić information content (AvgIpc) is 2.57. The molecule has 1 aromatic rings. The molecule has 0 aromatic heterocycles. The van der Waals surface area contributed by atoms with Gasteiger partial charge in [-0.3, -0.25) is 9.59 Å². The van der Waals surface area contributed by atoms with Gasteiger partial charge in [-0.15, -0.1) is 0 Å². The van der Waals surface area contributed by atoms with Crippen LogP contribution in [0.3, 0.4) is 0 Å². The van der Waals surface area contributed by atoms with Gasteiger partial charge in [0.1, 0.15) is 11.3 Å². The van der Waals surface area contributed by atoms with Crippen LogP contribution in [0.25, 0.3) is 0 Å². The molecule has 0 unspecified atom stereocenters. The molecule has 1 aliphatic carbocycles. The Morgan fingerprint density at radius 3 is 2.54 bits per heavy atom. The minimum atomic E-state index is -0.788. The van der Waals surface area contributed by atoms with Gasteiger partial charge < -0.3 is 15.4 Å². The predicted molar refractivity (Wildman–Crippen MR) is 90.4 cm³/mol. The zero-order valence-corrected chi connectivity index (χ0v) is 14.1. The number of benzene rings is 1. The van der Waals surface area contributed by atoms with Gasteiger partial charge in [-0.05, 0) is 31.9 Å². The molecule has 0 heterocycles. The molecule has 1 aromatic carbocycles. The van der Waals surface area contributed by atoms with E-state index in [4.69, 9.17) is 4.74 Å². The zero-order valence-electron chi connectivity index (χ0n) is 14.1. The number of anilines is 1. The number of nitriles is 1. The molecule has 0 bridgehead atoms. The lowest BCUT2D eigenvalue weighted by Crippen LogP contribution is -2.52. The molecular weight excluding hydrogens is 306 g/mol. The standard InChI is InChI=1S/C18H23N3O3/c1-13(17(23)21-18(12-19)10-6-3-7-11-18)24-16-9-5-4-8-15(16)20-14(2)22/h4-5,8-9,13H,3,6-7,10-11H2,1-2H3,(H,20,22)(H,21,23)/t13-/m1/s1. The van der Waals surface area contributed by atoms with E-state index in [1.54, 1.807) is 31.2 Å². The first-order valence-corrected chi connectivity index (χ1v) is 8.22. The molecule has 2 rings (SSSR count). The first-order chi connectivity index (χ1) is 11.5. The number of nitrogens with zero attached hydrogens (tertiary/aromatic N) is 1. The van der Waals surface area contributed by atoms with E-state index in [0.29, 0.717) is 24.3 Å². The summed E-state index contributed by atoms with van der Waals surface area (Å²) >= 11 is 0. The summed E-state index contributed by atoms with van der Waals surface area (Å²) in [5.74, 6) is -0.116. The Kier molecular flexibility index (Phi) is 5.80. The zero-order chi connectivity index (χ0) is 17.6. The summed E-state index contributed by atoms with van der Waals surface area (Å²) in [7, 11) is 0. The molecule has 0 aliphatic heterocycles. The second-order valence-electron chi connectivity index (χ2n) is 6.18. The Balaban J connectivity index is 2.04. The van der Waals surface area contributed by atoms with Crippen molar-refractivity contribution in [2.24, 2.45) is 0 Å². The molecule has 0 radical (unpaired) electrons. The first-order valence-electron chi connectivity index (χ1n) is 8.22. The lowest BCUT2D eigenvalue weighted by molar-refractivity contribution is -0.129.